The highest BCUT2D eigenvalue weighted by Gasteiger charge is 1.95. The Balaban J connectivity index is 3.07. The van der Waals surface area contributed by atoms with Gasteiger partial charge in [0.15, 0.2) is 0 Å². The minimum atomic E-state index is -0.205. The van der Waals surface area contributed by atoms with Crippen LogP contribution in [-0.2, 0) is 0 Å². The molecule has 0 aliphatic rings. The number of anilines is 1. The monoisotopic (exact) mass is 157 g/mol. The van der Waals surface area contributed by atoms with Crippen molar-refractivity contribution in [1.82, 2.24) is 0 Å². The number of rotatable bonds is 1. The second-order valence-corrected chi connectivity index (χ2v) is 2.60. The molecule has 1 rings (SSSR count). The second-order valence-electron chi connectivity index (χ2n) is 1.98. The van der Waals surface area contributed by atoms with Crippen LogP contribution in [0.3, 0.4) is 0 Å². The summed E-state index contributed by atoms with van der Waals surface area (Å²) < 4.78 is 12.4. The largest absolute Gasteiger partial charge is 0.388 e. The van der Waals surface area contributed by atoms with E-state index < -0.39 is 0 Å². The molecule has 0 amide bonds. The first-order valence-corrected chi connectivity index (χ1v) is 3.54. The highest BCUT2D eigenvalue weighted by molar-refractivity contribution is 7.28. The number of benzene rings is 1. The molecule has 1 aromatic carbocycles. The third-order valence-electron chi connectivity index (χ3n) is 1.28. The molecule has 1 atom stereocenters. The van der Waals surface area contributed by atoms with Crippen molar-refractivity contribution in [2.75, 3.05) is 12.4 Å². The minimum Gasteiger partial charge on any atom is -0.388 e. The lowest BCUT2D eigenvalue weighted by Crippen LogP contribution is -2.01. The summed E-state index contributed by atoms with van der Waals surface area (Å²) in [4.78, 5) is 0. The van der Waals surface area contributed by atoms with Gasteiger partial charge in [-0.3, -0.25) is 0 Å². The average Bonchev–Trinajstić information content (AvgIpc) is 1.88. The van der Waals surface area contributed by atoms with E-state index in [9.17, 15) is 4.39 Å². The van der Waals surface area contributed by atoms with E-state index in [1.807, 2.05) is 0 Å². The Labute approximate surface area is 61.8 Å². The fraction of sp³-hybridized carbons (Fsp3) is 0.143. The molecule has 0 fully saturated rings. The molecular weight excluding hydrogens is 148 g/mol. The lowest BCUT2D eigenvalue weighted by atomic mass is 10.3. The lowest BCUT2D eigenvalue weighted by Gasteiger charge is -2.02. The highest BCUT2D eigenvalue weighted by atomic mass is 31.0. The summed E-state index contributed by atoms with van der Waals surface area (Å²) in [5.74, 6) is -0.205. The van der Waals surface area contributed by atoms with Crippen molar-refractivity contribution in [1.29, 1.82) is 0 Å². The van der Waals surface area contributed by atoms with Crippen LogP contribution in [-0.4, -0.2) is 7.05 Å². The predicted molar refractivity (Wildman–Crippen MR) is 45.3 cm³/mol. The van der Waals surface area contributed by atoms with Crippen LogP contribution in [0.4, 0.5) is 10.1 Å². The van der Waals surface area contributed by atoms with E-state index in [0.29, 0.717) is 0 Å². The minimum absolute atomic E-state index is 0.205. The summed E-state index contributed by atoms with van der Waals surface area (Å²) in [5.41, 5.74) is 0.936. The Hall–Kier alpha value is -0.620. The van der Waals surface area contributed by atoms with Gasteiger partial charge in [-0.15, -0.1) is 9.24 Å². The first kappa shape index (κ1) is 7.49. The molecule has 10 heavy (non-hydrogen) atoms. The van der Waals surface area contributed by atoms with Gasteiger partial charge in [0.2, 0.25) is 0 Å². The lowest BCUT2D eigenvalue weighted by molar-refractivity contribution is 0.629. The van der Waals surface area contributed by atoms with Crippen LogP contribution in [0.25, 0.3) is 0 Å². The number of hydrogen-bond acceptors (Lipinski definition) is 1. The van der Waals surface area contributed by atoms with Gasteiger partial charge in [0, 0.05) is 12.7 Å². The zero-order chi connectivity index (χ0) is 7.56. The van der Waals surface area contributed by atoms with Crippen LogP contribution >= 0.6 is 9.24 Å². The third-order valence-corrected chi connectivity index (χ3v) is 1.76. The maximum atomic E-state index is 12.4. The number of hydrogen-bond donors (Lipinski definition) is 1. The fourth-order valence-electron chi connectivity index (χ4n) is 0.761. The molecule has 0 aliphatic heterocycles. The summed E-state index contributed by atoms with van der Waals surface area (Å²) in [6.45, 7) is 0. The van der Waals surface area contributed by atoms with Crippen molar-refractivity contribution in [2.45, 2.75) is 0 Å². The fourth-order valence-corrected chi connectivity index (χ4v) is 1.16. The predicted octanol–water partition coefficient (Wildman–Crippen LogP) is 1.37. The zero-order valence-electron chi connectivity index (χ0n) is 5.69. The van der Waals surface area contributed by atoms with Crippen molar-refractivity contribution in [2.24, 2.45) is 0 Å². The van der Waals surface area contributed by atoms with E-state index in [0.717, 1.165) is 11.0 Å². The topological polar surface area (TPSA) is 12.0 Å². The summed E-state index contributed by atoms with van der Waals surface area (Å²) in [6.07, 6.45) is 0. The van der Waals surface area contributed by atoms with Gasteiger partial charge in [-0.1, -0.05) is 0 Å². The molecule has 0 spiro atoms. The molecule has 0 saturated carbocycles. The third kappa shape index (κ3) is 1.45. The molecular formula is C7H9FNP. The standard InChI is InChI=1S/C7H9FNP/c1-9-6-3-2-5(8)4-7(6)10/h2-4,9H,10H2,1H3. The van der Waals surface area contributed by atoms with Crippen LogP contribution in [0.1, 0.15) is 0 Å². The van der Waals surface area contributed by atoms with E-state index in [1.165, 1.54) is 12.1 Å². The van der Waals surface area contributed by atoms with E-state index >= 15 is 0 Å². The molecule has 1 nitrogen and oxygen atoms in total. The van der Waals surface area contributed by atoms with Crippen molar-refractivity contribution in [3.63, 3.8) is 0 Å². The Kier molecular flexibility index (Phi) is 2.23. The van der Waals surface area contributed by atoms with Gasteiger partial charge < -0.3 is 5.32 Å². The van der Waals surface area contributed by atoms with Gasteiger partial charge in [-0.2, -0.15) is 0 Å². The molecule has 3 heteroatoms. The van der Waals surface area contributed by atoms with Crippen LogP contribution in [0.5, 0.6) is 0 Å². The number of halogens is 1. The number of nitrogens with one attached hydrogen (secondary N) is 1. The first-order chi connectivity index (χ1) is 4.74. The first-order valence-electron chi connectivity index (χ1n) is 2.97. The molecule has 1 aromatic rings. The van der Waals surface area contributed by atoms with Gasteiger partial charge in [0.1, 0.15) is 5.82 Å². The van der Waals surface area contributed by atoms with Crippen LogP contribution in [0.2, 0.25) is 0 Å². The molecule has 0 radical (unpaired) electrons. The summed E-state index contributed by atoms with van der Waals surface area (Å²) in [7, 11) is 4.27. The Morgan fingerprint density at radius 2 is 2.20 bits per heavy atom. The smallest absolute Gasteiger partial charge is 0.123 e. The van der Waals surface area contributed by atoms with E-state index in [-0.39, 0.29) is 5.82 Å². The van der Waals surface area contributed by atoms with E-state index in [1.54, 1.807) is 13.1 Å². The second kappa shape index (κ2) is 2.98. The SMILES string of the molecule is CNc1ccc(F)cc1P. The Bertz CT molecular complexity index is 237. The van der Waals surface area contributed by atoms with E-state index in [4.69, 9.17) is 0 Å². The van der Waals surface area contributed by atoms with Crippen molar-refractivity contribution in [3.8, 4) is 0 Å². The van der Waals surface area contributed by atoms with Crippen molar-refractivity contribution < 1.29 is 4.39 Å². The molecule has 0 heterocycles. The van der Waals surface area contributed by atoms with E-state index in [2.05, 4.69) is 14.6 Å². The van der Waals surface area contributed by atoms with Crippen LogP contribution < -0.4 is 10.6 Å². The summed E-state index contributed by atoms with van der Waals surface area (Å²) in [6, 6.07) is 4.60. The maximum Gasteiger partial charge on any atom is 0.123 e. The summed E-state index contributed by atoms with van der Waals surface area (Å²) in [5, 5.41) is 3.78. The quantitative estimate of drug-likeness (QED) is 0.607. The molecule has 1 unspecified atom stereocenters. The van der Waals surface area contributed by atoms with Gasteiger partial charge >= 0.3 is 0 Å². The summed E-state index contributed by atoms with van der Waals surface area (Å²) >= 11 is 0. The maximum absolute atomic E-state index is 12.4. The van der Waals surface area contributed by atoms with Gasteiger partial charge in [0.05, 0.1) is 0 Å². The average molecular weight is 157 g/mol. The molecule has 0 aromatic heterocycles. The highest BCUT2D eigenvalue weighted by Crippen LogP contribution is 2.07. The Morgan fingerprint density at radius 3 is 2.70 bits per heavy atom. The van der Waals surface area contributed by atoms with Crippen molar-refractivity contribution in [3.05, 3.63) is 24.0 Å². The zero-order valence-corrected chi connectivity index (χ0v) is 6.84. The van der Waals surface area contributed by atoms with Gasteiger partial charge in [0.25, 0.3) is 0 Å². The molecule has 0 saturated heterocycles. The van der Waals surface area contributed by atoms with Crippen molar-refractivity contribution >= 4 is 20.2 Å². The normalized spacial score (nSPS) is 9.50. The molecule has 54 valence electrons. The van der Waals surface area contributed by atoms with Gasteiger partial charge in [-0.25, -0.2) is 4.39 Å². The van der Waals surface area contributed by atoms with Crippen LogP contribution in [0.15, 0.2) is 18.2 Å². The molecule has 0 bridgehead atoms. The Morgan fingerprint density at radius 1 is 1.50 bits per heavy atom. The van der Waals surface area contributed by atoms with Crippen LogP contribution in [0, 0.1) is 5.82 Å². The molecule has 1 N–H and O–H groups in total. The molecule has 0 aliphatic carbocycles. The van der Waals surface area contributed by atoms with Gasteiger partial charge in [-0.05, 0) is 23.5 Å².